The second-order valence-electron chi connectivity index (χ2n) is 5.73. The average molecular weight is 427 g/mol. The molecular formula is C18H23Cl3FNO3. The number of hydrogen-bond donors (Lipinski definition) is 0. The van der Waals surface area contributed by atoms with Crippen LogP contribution in [0.2, 0.25) is 5.02 Å². The van der Waals surface area contributed by atoms with Gasteiger partial charge in [0.15, 0.2) is 11.6 Å². The van der Waals surface area contributed by atoms with Gasteiger partial charge in [0.1, 0.15) is 28.5 Å². The van der Waals surface area contributed by atoms with Crippen LogP contribution in [0.25, 0.3) is 0 Å². The van der Waals surface area contributed by atoms with Gasteiger partial charge in [-0.25, -0.2) is 4.39 Å². The fourth-order valence-corrected chi connectivity index (χ4v) is 2.40. The summed E-state index contributed by atoms with van der Waals surface area (Å²) in [6, 6.07) is 1.53. The summed E-state index contributed by atoms with van der Waals surface area (Å²) >= 11 is 17.1. The molecule has 1 aromatic rings. The molecule has 4 nitrogen and oxygen atoms in total. The van der Waals surface area contributed by atoms with E-state index in [4.69, 9.17) is 49.1 Å². The molecule has 0 aliphatic heterocycles. The van der Waals surface area contributed by atoms with Crippen LogP contribution in [-0.2, 0) is 4.84 Å². The molecule has 0 spiro atoms. The molecule has 146 valence electrons. The molecule has 0 unspecified atom stereocenters. The van der Waals surface area contributed by atoms with Gasteiger partial charge in [-0.15, -0.1) is 0 Å². The molecule has 1 aromatic carbocycles. The Labute approximate surface area is 168 Å². The summed E-state index contributed by atoms with van der Waals surface area (Å²) in [4.78, 5) is 5.12. The number of oxime groups is 1. The van der Waals surface area contributed by atoms with Gasteiger partial charge in [-0.05, 0) is 57.7 Å². The van der Waals surface area contributed by atoms with Gasteiger partial charge in [0, 0.05) is 0 Å². The first kappa shape index (κ1) is 22.9. The van der Waals surface area contributed by atoms with Gasteiger partial charge in [0.25, 0.3) is 0 Å². The first-order valence-corrected chi connectivity index (χ1v) is 9.34. The second-order valence-corrected chi connectivity index (χ2v) is 7.12. The lowest BCUT2D eigenvalue weighted by molar-refractivity contribution is 0.138. The van der Waals surface area contributed by atoms with Gasteiger partial charge in [-0.1, -0.05) is 40.0 Å². The van der Waals surface area contributed by atoms with Crippen molar-refractivity contribution >= 4 is 40.5 Å². The summed E-state index contributed by atoms with van der Waals surface area (Å²) in [7, 11) is 0. The molecule has 0 amide bonds. The monoisotopic (exact) mass is 425 g/mol. The lowest BCUT2D eigenvalue weighted by Gasteiger charge is -2.14. The average Bonchev–Trinajstić information content (AvgIpc) is 2.56. The van der Waals surface area contributed by atoms with Crippen molar-refractivity contribution in [2.24, 2.45) is 5.16 Å². The number of hydrogen-bond acceptors (Lipinski definition) is 4. The molecule has 0 radical (unpaired) electrons. The van der Waals surface area contributed by atoms with Gasteiger partial charge in [0.2, 0.25) is 0 Å². The van der Waals surface area contributed by atoms with E-state index in [2.05, 4.69) is 5.16 Å². The van der Waals surface area contributed by atoms with Crippen molar-refractivity contribution in [3.05, 3.63) is 33.0 Å². The Morgan fingerprint density at radius 3 is 2.50 bits per heavy atom. The standard InChI is InChI=1S/C18H23Cl3FNO3/c1-12(2)23-26-9-6-4-5-8-25-18-13(3)11-14(17(22)16(18)21)24-10-7-15(19)20/h7,11H,4-6,8-10H2,1-3H3. The molecular weight excluding hydrogens is 404 g/mol. The van der Waals surface area contributed by atoms with Crippen molar-refractivity contribution in [1.82, 2.24) is 0 Å². The van der Waals surface area contributed by atoms with Gasteiger partial charge in [0.05, 0.1) is 12.3 Å². The minimum atomic E-state index is -0.674. The predicted octanol–water partition coefficient (Wildman–Crippen LogP) is 6.45. The first-order chi connectivity index (χ1) is 12.3. The van der Waals surface area contributed by atoms with Gasteiger partial charge in [-0.3, -0.25) is 0 Å². The first-order valence-electron chi connectivity index (χ1n) is 8.21. The van der Waals surface area contributed by atoms with Gasteiger partial charge < -0.3 is 14.3 Å². The van der Waals surface area contributed by atoms with E-state index in [9.17, 15) is 4.39 Å². The van der Waals surface area contributed by atoms with Crippen LogP contribution in [0.4, 0.5) is 4.39 Å². The highest BCUT2D eigenvalue weighted by Gasteiger charge is 2.17. The van der Waals surface area contributed by atoms with E-state index >= 15 is 0 Å². The molecule has 0 saturated carbocycles. The normalized spacial score (nSPS) is 10.3. The molecule has 0 saturated heterocycles. The molecule has 0 aromatic heterocycles. The van der Waals surface area contributed by atoms with Gasteiger partial charge in [-0.2, -0.15) is 0 Å². The molecule has 0 N–H and O–H groups in total. The number of rotatable bonds is 11. The molecule has 0 bridgehead atoms. The minimum absolute atomic E-state index is 0.0228. The highest BCUT2D eigenvalue weighted by molar-refractivity contribution is 6.55. The Hall–Kier alpha value is -1.17. The van der Waals surface area contributed by atoms with Crippen molar-refractivity contribution in [2.45, 2.75) is 40.0 Å². The van der Waals surface area contributed by atoms with E-state index in [0.717, 1.165) is 25.0 Å². The highest BCUT2D eigenvalue weighted by atomic mass is 35.5. The Balaban J connectivity index is 2.48. The van der Waals surface area contributed by atoms with Crippen molar-refractivity contribution in [3.63, 3.8) is 0 Å². The van der Waals surface area contributed by atoms with Crippen LogP contribution in [-0.4, -0.2) is 25.5 Å². The zero-order chi connectivity index (χ0) is 19.5. The van der Waals surface area contributed by atoms with E-state index in [-0.39, 0.29) is 21.9 Å². The molecule has 0 heterocycles. The van der Waals surface area contributed by atoms with Crippen molar-refractivity contribution in [1.29, 1.82) is 0 Å². The number of aryl methyl sites for hydroxylation is 1. The SMILES string of the molecule is CC(C)=NOCCCCCOc1c(C)cc(OCC=C(Cl)Cl)c(F)c1Cl. The third-order valence-corrected chi connectivity index (χ3v) is 3.81. The maximum atomic E-state index is 14.3. The van der Waals surface area contributed by atoms with E-state index in [0.29, 0.717) is 24.5 Å². The predicted molar refractivity (Wildman–Crippen MR) is 106 cm³/mol. The Morgan fingerprint density at radius 2 is 1.85 bits per heavy atom. The van der Waals surface area contributed by atoms with Crippen LogP contribution >= 0.6 is 34.8 Å². The van der Waals surface area contributed by atoms with Crippen LogP contribution in [0.1, 0.15) is 38.7 Å². The van der Waals surface area contributed by atoms with E-state index in [1.54, 1.807) is 6.92 Å². The maximum absolute atomic E-state index is 14.3. The molecule has 0 aliphatic carbocycles. The van der Waals surface area contributed by atoms with E-state index < -0.39 is 5.82 Å². The summed E-state index contributed by atoms with van der Waals surface area (Å²) in [6.07, 6.45) is 3.98. The maximum Gasteiger partial charge on any atom is 0.187 e. The smallest absolute Gasteiger partial charge is 0.187 e. The number of benzene rings is 1. The van der Waals surface area contributed by atoms with Gasteiger partial charge >= 0.3 is 0 Å². The minimum Gasteiger partial charge on any atom is -0.492 e. The fraction of sp³-hybridized carbons (Fsp3) is 0.500. The van der Waals surface area contributed by atoms with Crippen LogP contribution in [0.15, 0.2) is 21.8 Å². The van der Waals surface area contributed by atoms with E-state index in [1.165, 1.54) is 12.1 Å². The zero-order valence-corrected chi connectivity index (χ0v) is 17.3. The Kier molecular flexibility index (Phi) is 10.8. The topological polar surface area (TPSA) is 40.0 Å². The van der Waals surface area contributed by atoms with Crippen LogP contribution < -0.4 is 9.47 Å². The fourth-order valence-electron chi connectivity index (χ4n) is 1.98. The van der Waals surface area contributed by atoms with Crippen LogP contribution in [0.5, 0.6) is 11.5 Å². The number of halogens is 4. The third-order valence-electron chi connectivity index (χ3n) is 3.16. The van der Waals surface area contributed by atoms with Crippen LogP contribution in [0.3, 0.4) is 0 Å². The second kappa shape index (κ2) is 12.3. The lowest BCUT2D eigenvalue weighted by atomic mass is 10.2. The summed E-state index contributed by atoms with van der Waals surface area (Å²) in [5.41, 5.74) is 1.57. The molecule has 0 aliphatic rings. The summed E-state index contributed by atoms with van der Waals surface area (Å²) in [5.74, 6) is -0.327. The molecule has 26 heavy (non-hydrogen) atoms. The summed E-state index contributed by atoms with van der Waals surface area (Å²) < 4.78 is 25.3. The summed E-state index contributed by atoms with van der Waals surface area (Å²) in [6.45, 7) is 6.56. The third kappa shape index (κ3) is 8.47. The molecule has 0 atom stereocenters. The van der Waals surface area contributed by atoms with Crippen molar-refractivity contribution in [2.75, 3.05) is 19.8 Å². The lowest BCUT2D eigenvalue weighted by Crippen LogP contribution is -2.03. The Morgan fingerprint density at radius 1 is 1.15 bits per heavy atom. The summed E-state index contributed by atoms with van der Waals surface area (Å²) in [5, 5.41) is 3.76. The highest BCUT2D eigenvalue weighted by Crippen LogP contribution is 2.37. The molecule has 0 fully saturated rings. The Bertz CT molecular complexity index is 643. The molecule has 8 heteroatoms. The number of unbranched alkanes of at least 4 members (excludes halogenated alkanes) is 2. The number of ether oxygens (including phenoxy) is 2. The largest absolute Gasteiger partial charge is 0.492 e. The van der Waals surface area contributed by atoms with Crippen molar-refractivity contribution in [3.8, 4) is 11.5 Å². The van der Waals surface area contributed by atoms with E-state index in [1.807, 2.05) is 13.8 Å². The zero-order valence-electron chi connectivity index (χ0n) is 15.1. The number of nitrogens with zero attached hydrogens (tertiary/aromatic N) is 1. The van der Waals surface area contributed by atoms with Crippen LogP contribution in [0, 0.1) is 12.7 Å². The van der Waals surface area contributed by atoms with Crippen molar-refractivity contribution < 1.29 is 18.7 Å². The quantitative estimate of drug-likeness (QED) is 0.232. The molecule has 1 rings (SSSR count).